The van der Waals surface area contributed by atoms with E-state index in [9.17, 15) is 10.1 Å². The van der Waals surface area contributed by atoms with Crippen LogP contribution in [0.2, 0.25) is 0 Å². The SMILES string of the molecule is CSc1nc(-c2ccc(N3CCC(C)CC3)cc2)c(C#N)c(=O)[nH]1. The largest absolute Gasteiger partial charge is 0.372 e. The molecule has 0 atom stereocenters. The molecule has 0 saturated carbocycles. The topological polar surface area (TPSA) is 72.8 Å². The fraction of sp³-hybridized carbons (Fsp3) is 0.389. The molecule has 3 rings (SSSR count). The molecular formula is C18H20N4OS. The summed E-state index contributed by atoms with van der Waals surface area (Å²) in [5, 5.41) is 9.80. The summed E-state index contributed by atoms with van der Waals surface area (Å²) in [6, 6.07) is 9.96. The molecule has 0 unspecified atom stereocenters. The molecule has 124 valence electrons. The number of nitrogens with one attached hydrogen (secondary N) is 1. The average molecular weight is 340 g/mol. The van der Waals surface area contributed by atoms with E-state index in [1.165, 1.54) is 30.3 Å². The molecular weight excluding hydrogens is 320 g/mol. The highest BCUT2D eigenvalue weighted by atomic mass is 32.2. The number of piperidine rings is 1. The maximum absolute atomic E-state index is 12.0. The van der Waals surface area contributed by atoms with Crippen LogP contribution in [0, 0.1) is 17.2 Å². The second kappa shape index (κ2) is 7.10. The standard InChI is InChI=1S/C18H20N4OS/c1-12-7-9-22(10-8-12)14-5-3-13(4-6-14)16-15(11-19)17(23)21-18(20-16)24-2/h3-6,12H,7-10H2,1-2H3,(H,20,21,23). The van der Waals surface area contributed by atoms with Crippen LogP contribution in [0.25, 0.3) is 11.3 Å². The smallest absolute Gasteiger partial charge is 0.270 e. The average Bonchev–Trinajstić information content (AvgIpc) is 2.62. The maximum atomic E-state index is 12.0. The monoisotopic (exact) mass is 340 g/mol. The van der Waals surface area contributed by atoms with Crippen molar-refractivity contribution in [1.29, 1.82) is 5.26 Å². The van der Waals surface area contributed by atoms with E-state index in [1.807, 2.05) is 36.6 Å². The zero-order chi connectivity index (χ0) is 17.1. The first-order chi connectivity index (χ1) is 11.6. The number of H-pyrrole nitrogens is 1. The lowest BCUT2D eigenvalue weighted by Crippen LogP contribution is -2.32. The molecule has 0 spiro atoms. The molecule has 5 nitrogen and oxygen atoms in total. The molecule has 1 saturated heterocycles. The number of hydrogen-bond acceptors (Lipinski definition) is 5. The van der Waals surface area contributed by atoms with Crippen LogP contribution in [0.5, 0.6) is 0 Å². The van der Waals surface area contributed by atoms with Gasteiger partial charge in [0.15, 0.2) is 5.16 Å². The van der Waals surface area contributed by atoms with Crippen LogP contribution in [-0.4, -0.2) is 29.3 Å². The molecule has 0 amide bonds. The summed E-state index contributed by atoms with van der Waals surface area (Å²) in [5.74, 6) is 0.795. The van der Waals surface area contributed by atoms with Crippen molar-refractivity contribution in [2.24, 2.45) is 5.92 Å². The van der Waals surface area contributed by atoms with E-state index in [2.05, 4.69) is 21.8 Å². The third-order valence-electron chi connectivity index (χ3n) is 4.49. The minimum atomic E-state index is -0.388. The van der Waals surface area contributed by atoms with Crippen molar-refractivity contribution < 1.29 is 0 Å². The Bertz CT molecular complexity index is 814. The molecule has 0 bridgehead atoms. The normalized spacial score (nSPS) is 15.3. The zero-order valence-corrected chi connectivity index (χ0v) is 14.7. The Morgan fingerprint density at radius 3 is 2.54 bits per heavy atom. The van der Waals surface area contributed by atoms with E-state index < -0.39 is 0 Å². The molecule has 1 aliphatic heterocycles. The van der Waals surface area contributed by atoms with Gasteiger partial charge in [-0.3, -0.25) is 4.79 Å². The van der Waals surface area contributed by atoms with Crippen LogP contribution in [0.15, 0.2) is 34.2 Å². The first kappa shape index (κ1) is 16.6. The van der Waals surface area contributed by atoms with Gasteiger partial charge >= 0.3 is 0 Å². The highest BCUT2D eigenvalue weighted by Crippen LogP contribution is 2.27. The fourth-order valence-corrected chi connectivity index (χ4v) is 3.34. The van der Waals surface area contributed by atoms with E-state index in [4.69, 9.17) is 0 Å². The van der Waals surface area contributed by atoms with E-state index >= 15 is 0 Å². The van der Waals surface area contributed by atoms with Crippen molar-refractivity contribution in [2.75, 3.05) is 24.2 Å². The number of nitrogens with zero attached hydrogens (tertiary/aromatic N) is 3. The van der Waals surface area contributed by atoms with Crippen LogP contribution < -0.4 is 10.5 Å². The fourth-order valence-electron chi connectivity index (χ4n) is 2.96. The van der Waals surface area contributed by atoms with Crippen LogP contribution in [-0.2, 0) is 0 Å². The highest BCUT2D eigenvalue weighted by Gasteiger charge is 2.17. The lowest BCUT2D eigenvalue weighted by atomic mass is 9.98. The summed E-state index contributed by atoms with van der Waals surface area (Å²) in [7, 11) is 0. The summed E-state index contributed by atoms with van der Waals surface area (Å²) in [4.78, 5) is 21.4. The highest BCUT2D eigenvalue weighted by molar-refractivity contribution is 7.98. The molecule has 1 aromatic carbocycles. The molecule has 24 heavy (non-hydrogen) atoms. The number of anilines is 1. The van der Waals surface area contributed by atoms with Crippen molar-refractivity contribution in [3.8, 4) is 17.3 Å². The van der Waals surface area contributed by atoms with Crippen LogP contribution >= 0.6 is 11.8 Å². The first-order valence-electron chi connectivity index (χ1n) is 8.06. The second-order valence-corrected chi connectivity index (χ2v) is 6.92. The number of hydrogen-bond donors (Lipinski definition) is 1. The van der Waals surface area contributed by atoms with E-state index in [0.29, 0.717) is 10.9 Å². The van der Waals surface area contributed by atoms with Gasteiger partial charge in [0.25, 0.3) is 5.56 Å². The van der Waals surface area contributed by atoms with Crippen LogP contribution in [0.1, 0.15) is 25.3 Å². The van der Waals surface area contributed by atoms with Gasteiger partial charge in [0.05, 0.1) is 5.69 Å². The lowest BCUT2D eigenvalue weighted by Gasteiger charge is -2.32. The van der Waals surface area contributed by atoms with Crippen molar-refractivity contribution in [1.82, 2.24) is 9.97 Å². The van der Waals surface area contributed by atoms with E-state index in [0.717, 1.165) is 24.6 Å². The molecule has 1 N–H and O–H groups in total. The number of aromatic nitrogens is 2. The number of nitriles is 1. The Kier molecular flexibility index (Phi) is 4.91. The molecule has 2 heterocycles. The molecule has 1 fully saturated rings. The summed E-state index contributed by atoms with van der Waals surface area (Å²) in [6.45, 7) is 4.44. The first-order valence-corrected chi connectivity index (χ1v) is 9.28. The predicted molar refractivity (Wildman–Crippen MR) is 97.4 cm³/mol. The van der Waals surface area contributed by atoms with Gasteiger partial charge in [-0.15, -0.1) is 0 Å². The molecule has 6 heteroatoms. The van der Waals surface area contributed by atoms with Gasteiger partial charge in [-0.25, -0.2) is 4.98 Å². The summed E-state index contributed by atoms with van der Waals surface area (Å²) in [6.07, 6.45) is 4.27. The Balaban J connectivity index is 1.93. The van der Waals surface area contributed by atoms with Gasteiger partial charge in [-0.2, -0.15) is 5.26 Å². The van der Waals surface area contributed by atoms with Crippen molar-refractivity contribution in [3.63, 3.8) is 0 Å². The second-order valence-electron chi connectivity index (χ2n) is 6.13. The van der Waals surface area contributed by atoms with Gasteiger partial charge < -0.3 is 9.88 Å². The summed E-state index contributed by atoms with van der Waals surface area (Å²) >= 11 is 1.35. The van der Waals surface area contributed by atoms with Crippen molar-refractivity contribution in [2.45, 2.75) is 24.9 Å². The Morgan fingerprint density at radius 1 is 1.29 bits per heavy atom. The van der Waals surface area contributed by atoms with Gasteiger partial charge in [0, 0.05) is 24.3 Å². The lowest BCUT2D eigenvalue weighted by molar-refractivity contribution is 0.438. The Hall–Kier alpha value is -2.26. The maximum Gasteiger partial charge on any atom is 0.270 e. The minimum Gasteiger partial charge on any atom is -0.372 e. The van der Waals surface area contributed by atoms with E-state index in [1.54, 1.807) is 0 Å². The van der Waals surface area contributed by atoms with Gasteiger partial charge in [-0.05, 0) is 37.1 Å². The number of rotatable bonds is 3. The van der Waals surface area contributed by atoms with Crippen LogP contribution in [0.3, 0.4) is 0 Å². The number of aromatic amines is 1. The molecule has 1 aliphatic rings. The van der Waals surface area contributed by atoms with Gasteiger partial charge in [-0.1, -0.05) is 30.8 Å². The third kappa shape index (κ3) is 3.31. The zero-order valence-electron chi connectivity index (χ0n) is 13.9. The van der Waals surface area contributed by atoms with Gasteiger partial charge in [0.2, 0.25) is 0 Å². The number of thioether (sulfide) groups is 1. The Labute approximate surface area is 145 Å². The van der Waals surface area contributed by atoms with Crippen LogP contribution in [0.4, 0.5) is 5.69 Å². The molecule has 0 radical (unpaired) electrons. The quantitative estimate of drug-likeness (QED) is 0.686. The number of benzene rings is 1. The molecule has 1 aromatic heterocycles. The molecule has 0 aliphatic carbocycles. The van der Waals surface area contributed by atoms with Gasteiger partial charge in [0.1, 0.15) is 11.6 Å². The van der Waals surface area contributed by atoms with E-state index in [-0.39, 0.29) is 11.1 Å². The summed E-state index contributed by atoms with van der Waals surface area (Å²) in [5.41, 5.74) is 2.10. The summed E-state index contributed by atoms with van der Waals surface area (Å²) < 4.78 is 0. The van der Waals surface area contributed by atoms with Crippen molar-refractivity contribution in [3.05, 3.63) is 40.2 Å². The predicted octanol–water partition coefficient (Wildman–Crippen LogP) is 3.27. The van der Waals surface area contributed by atoms with Crippen molar-refractivity contribution >= 4 is 17.4 Å². The Morgan fingerprint density at radius 2 is 1.96 bits per heavy atom. The third-order valence-corrected chi connectivity index (χ3v) is 5.07. The molecule has 2 aromatic rings. The minimum absolute atomic E-state index is 0.0624.